The molecule has 0 saturated carbocycles. The third kappa shape index (κ3) is 13.1. The van der Waals surface area contributed by atoms with Gasteiger partial charge in [-0.05, 0) is 79.5 Å². The van der Waals surface area contributed by atoms with E-state index in [1.54, 1.807) is 12.1 Å². The summed E-state index contributed by atoms with van der Waals surface area (Å²) in [6, 6.07) is 7.10. The molecule has 5 N–H and O–H groups in total. The first-order valence-electron chi connectivity index (χ1n) is 17.5. The topological polar surface area (TPSA) is 188 Å². The summed E-state index contributed by atoms with van der Waals surface area (Å²) in [5.41, 5.74) is 13.2. The third-order valence-corrected chi connectivity index (χ3v) is 13.0. The number of sulfone groups is 1. The van der Waals surface area contributed by atoms with Crippen LogP contribution in [0.3, 0.4) is 0 Å². The average Bonchev–Trinajstić information content (AvgIpc) is 3.06. The van der Waals surface area contributed by atoms with Gasteiger partial charge in [0, 0.05) is 38.3 Å². The number of nitrogens with two attached hydrogens (primary N) is 2. The van der Waals surface area contributed by atoms with Gasteiger partial charge in [-0.25, -0.2) is 30.4 Å². The van der Waals surface area contributed by atoms with Crippen LogP contribution in [0.2, 0.25) is 0 Å². The molecule has 12 nitrogen and oxygen atoms in total. The fourth-order valence-corrected chi connectivity index (χ4v) is 9.79. The predicted molar refractivity (Wildman–Crippen MR) is 190 cm³/mol. The number of sulfonamides is 1. The third-order valence-electron chi connectivity index (χ3n) is 8.90. The zero-order valence-corrected chi connectivity index (χ0v) is 31.2. The second-order valence-electron chi connectivity index (χ2n) is 13.0. The lowest BCUT2D eigenvalue weighted by Crippen LogP contribution is -2.46. The van der Waals surface area contributed by atoms with Crippen molar-refractivity contribution in [2.75, 3.05) is 25.4 Å². The molecule has 0 unspecified atom stereocenters. The van der Waals surface area contributed by atoms with Crippen molar-refractivity contribution < 1.29 is 44.7 Å². The highest BCUT2D eigenvalue weighted by molar-refractivity contribution is 7.92. The number of nitrogens with zero attached hydrogens (tertiary/aromatic N) is 1. The van der Waals surface area contributed by atoms with Gasteiger partial charge in [-0.1, -0.05) is 39.7 Å². The molecule has 286 valence electrons. The molecule has 3 rings (SSSR count). The fraction of sp³-hybridized carbons (Fsp3) is 0.600. The second-order valence-corrected chi connectivity index (χ2v) is 17.3. The number of rotatable bonds is 20. The first-order valence-corrected chi connectivity index (χ1v) is 20.6. The van der Waals surface area contributed by atoms with Crippen LogP contribution >= 0.6 is 0 Å². The van der Waals surface area contributed by atoms with Crippen LogP contribution in [0, 0.1) is 11.6 Å². The van der Waals surface area contributed by atoms with Crippen molar-refractivity contribution in [3.63, 3.8) is 0 Å². The number of esters is 1. The molecule has 1 saturated heterocycles. The van der Waals surface area contributed by atoms with Gasteiger partial charge in [0.25, 0.3) is 0 Å². The molecule has 0 radical (unpaired) electrons. The van der Waals surface area contributed by atoms with E-state index in [-0.39, 0.29) is 55.2 Å². The Hall–Kier alpha value is -3.18. The molecule has 0 bridgehead atoms. The molecular formula is C35H52F2N4O8S2. The molecule has 2 aromatic rings. The van der Waals surface area contributed by atoms with Crippen LogP contribution in [0.5, 0.6) is 0 Å². The maximum Gasteiger partial charge on any atom is 0.404 e. The highest BCUT2D eigenvalue weighted by Gasteiger charge is 2.32. The highest BCUT2D eigenvalue weighted by atomic mass is 32.2. The van der Waals surface area contributed by atoms with Crippen molar-refractivity contribution in [1.82, 2.24) is 9.62 Å². The van der Waals surface area contributed by atoms with Gasteiger partial charge in [0.1, 0.15) is 23.8 Å². The number of carbonyl (C=O) groups excluding carboxylic acids is 2. The van der Waals surface area contributed by atoms with E-state index in [4.69, 9.17) is 20.9 Å². The van der Waals surface area contributed by atoms with Crippen molar-refractivity contribution in [2.45, 2.75) is 113 Å². The summed E-state index contributed by atoms with van der Waals surface area (Å²) in [5.74, 6) is -2.72. The van der Waals surface area contributed by atoms with Gasteiger partial charge in [-0.2, -0.15) is 4.31 Å². The lowest BCUT2D eigenvalue weighted by Gasteiger charge is -2.30. The zero-order valence-electron chi connectivity index (χ0n) is 29.6. The summed E-state index contributed by atoms with van der Waals surface area (Å²) in [4.78, 5) is 24.2. The Balaban J connectivity index is 1.75. The molecule has 1 amide bonds. The minimum Gasteiger partial charge on any atom is -0.459 e. The van der Waals surface area contributed by atoms with Crippen molar-refractivity contribution >= 4 is 31.9 Å². The number of halogens is 2. The molecule has 1 aliphatic heterocycles. The summed E-state index contributed by atoms with van der Waals surface area (Å²) in [6.07, 6.45) is 0.777. The Labute approximate surface area is 300 Å². The zero-order chi connectivity index (χ0) is 37.8. The van der Waals surface area contributed by atoms with Crippen LogP contribution in [0.25, 0.3) is 0 Å². The van der Waals surface area contributed by atoms with Crippen molar-refractivity contribution in [3.05, 3.63) is 64.7 Å². The number of primary amides is 1. The van der Waals surface area contributed by atoms with E-state index in [2.05, 4.69) is 5.32 Å². The van der Waals surface area contributed by atoms with Crippen LogP contribution in [-0.4, -0.2) is 82.1 Å². The SMILES string of the molecule is CCCC(CCC)S(=O)(=O)CCC(=O)O[C@H](CNCc1cc(CC)cc(S(=O)(=O)N2CCC(OC(N)=O)CC2)c1)[C@@H](N)Cc1cc(F)cc(F)c1. The quantitative estimate of drug-likeness (QED) is 0.166. The molecule has 2 atom stereocenters. The second kappa shape index (κ2) is 19.6. The number of hydrogen-bond donors (Lipinski definition) is 3. The lowest BCUT2D eigenvalue weighted by atomic mass is 10.0. The Morgan fingerprint density at radius 1 is 0.922 bits per heavy atom. The van der Waals surface area contributed by atoms with Crippen LogP contribution in [0.15, 0.2) is 41.3 Å². The predicted octanol–water partition coefficient (Wildman–Crippen LogP) is 4.12. The van der Waals surface area contributed by atoms with Crippen LogP contribution in [-0.2, 0) is 53.5 Å². The first kappa shape index (κ1) is 42.2. The van der Waals surface area contributed by atoms with Gasteiger partial charge < -0.3 is 26.3 Å². The van der Waals surface area contributed by atoms with E-state index in [9.17, 15) is 35.2 Å². The van der Waals surface area contributed by atoms with E-state index >= 15 is 0 Å². The smallest absolute Gasteiger partial charge is 0.404 e. The van der Waals surface area contributed by atoms with Gasteiger partial charge in [0.15, 0.2) is 9.84 Å². The lowest BCUT2D eigenvalue weighted by molar-refractivity contribution is -0.149. The Kier molecular flexibility index (Phi) is 16.2. The number of benzene rings is 2. The first-order chi connectivity index (χ1) is 24.1. The molecule has 0 spiro atoms. The Morgan fingerprint density at radius 2 is 1.53 bits per heavy atom. The summed E-state index contributed by atoms with van der Waals surface area (Å²) >= 11 is 0. The highest BCUT2D eigenvalue weighted by Crippen LogP contribution is 2.25. The van der Waals surface area contributed by atoms with Gasteiger partial charge in [0.2, 0.25) is 10.0 Å². The number of nitrogens with one attached hydrogen (secondary N) is 1. The molecule has 51 heavy (non-hydrogen) atoms. The molecular weight excluding hydrogens is 707 g/mol. The minimum absolute atomic E-state index is 0.0163. The van der Waals surface area contributed by atoms with E-state index in [1.807, 2.05) is 26.8 Å². The molecule has 0 aromatic heterocycles. The largest absolute Gasteiger partial charge is 0.459 e. The summed E-state index contributed by atoms with van der Waals surface area (Å²) in [6.45, 7) is 6.16. The molecule has 2 aromatic carbocycles. The van der Waals surface area contributed by atoms with Crippen LogP contribution in [0.1, 0.15) is 82.4 Å². The van der Waals surface area contributed by atoms with Crippen molar-refractivity contribution in [1.29, 1.82) is 0 Å². The Bertz CT molecular complexity index is 1660. The van der Waals surface area contributed by atoms with E-state index in [1.165, 1.54) is 4.31 Å². The fourth-order valence-electron chi connectivity index (χ4n) is 6.23. The number of carbonyl (C=O) groups is 2. The van der Waals surface area contributed by atoms with Gasteiger partial charge >= 0.3 is 12.1 Å². The number of hydrogen-bond acceptors (Lipinski definition) is 10. The molecule has 1 fully saturated rings. The Morgan fingerprint density at radius 3 is 2.10 bits per heavy atom. The van der Waals surface area contributed by atoms with Crippen molar-refractivity contribution in [3.8, 4) is 0 Å². The number of amides is 1. The monoisotopic (exact) mass is 758 g/mol. The summed E-state index contributed by atoms with van der Waals surface area (Å²) in [5, 5.41) is 2.62. The summed E-state index contributed by atoms with van der Waals surface area (Å²) < 4.78 is 93.1. The molecule has 1 heterocycles. The molecule has 0 aliphatic carbocycles. The molecule has 1 aliphatic rings. The number of aryl methyl sites for hydroxylation is 1. The van der Waals surface area contributed by atoms with E-state index < -0.39 is 67.1 Å². The maximum atomic E-state index is 13.9. The standard InChI is InChI=1S/C35H52F2N4O8S2/c1-4-7-30(8-5-2)50(44,45)14-11-34(42)49-33(32(38)20-25-16-27(36)21-28(37)17-25)23-40-22-26-15-24(6-3)18-31(19-26)51(46,47)41-12-9-29(10-13-41)48-35(39)43/h15-19,21,29-30,32-33,40H,4-14,20,22-23,38H2,1-3H3,(H2,39,43)/t32-,33+/m0/s1. The number of piperidine rings is 1. The van der Waals surface area contributed by atoms with Gasteiger partial charge in [0.05, 0.1) is 22.3 Å². The normalized spacial score (nSPS) is 15.8. The van der Waals surface area contributed by atoms with Crippen molar-refractivity contribution in [2.24, 2.45) is 11.5 Å². The average molecular weight is 759 g/mol. The van der Waals surface area contributed by atoms with Gasteiger partial charge in [-0.15, -0.1) is 0 Å². The summed E-state index contributed by atoms with van der Waals surface area (Å²) in [7, 11) is -7.44. The molecule has 16 heteroatoms. The number of ether oxygens (including phenoxy) is 2. The van der Waals surface area contributed by atoms with Gasteiger partial charge in [-0.3, -0.25) is 4.79 Å². The van der Waals surface area contributed by atoms with E-state index in [0.717, 1.165) is 23.8 Å². The van der Waals surface area contributed by atoms with Crippen LogP contribution in [0.4, 0.5) is 13.6 Å². The minimum atomic E-state index is -3.88. The van der Waals surface area contributed by atoms with E-state index in [0.29, 0.717) is 50.5 Å². The maximum absolute atomic E-state index is 13.9. The van der Waals surface area contributed by atoms with Crippen LogP contribution < -0.4 is 16.8 Å².